The van der Waals surface area contributed by atoms with E-state index in [1.54, 1.807) is 6.07 Å². The van der Waals surface area contributed by atoms with Crippen LogP contribution in [0.4, 0.5) is 5.69 Å². The standard InChI is InChI=1S/C14H17Cl2NO2/c1-13(2,3)10-5-4-9(12(7-10)17(18)19)6-11-8-14(11,15)16/h4-5,7,11H,6,8H2,1-3H3/t11-/m1/s1. The van der Waals surface area contributed by atoms with Crippen molar-refractivity contribution in [2.75, 3.05) is 0 Å². The third-order valence-corrected chi connectivity index (χ3v) is 4.50. The number of nitrogens with zero attached hydrogens (tertiary/aromatic N) is 1. The summed E-state index contributed by atoms with van der Waals surface area (Å²) in [6.07, 6.45) is 1.27. The van der Waals surface area contributed by atoms with Gasteiger partial charge in [0.05, 0.1) is 4.92 Å². The van der Waals surface area contributed by atoms with E-state index in [1.165, 1.54) is 0 Å². The molecule has 1 saturated carbocycles. The van der Waals surface area contributed by atoms with Crippen LogP contribution in [0, 0.1) is 16.0 Å². The first-order chi connectivity index (χ1) is 8.61. The van der Waals surface area contributed by atoms with Crippen molar-refractivity contribution in [2.24, 2.45) is 5.92 Å². The molecule has 2 rings (SSSR count). The molecule has 1 aromatic carbocycles. The quantitative estimate of drug-likeness (QED) is 0.464. The summed E-state index contributed by atoms with van der Waals surface area (Å²) < 4.78 is -0.698. The molecule has 1 fully saturated rings. The van der Waals surface area contributed by atoms with Gasteiger partial charge in [-0.2, -0.15) is 0 Å². The van der Waals surface area contributed by atoms with Crippen molar-refractivity contribution < 1.29 is 4.92 Å². The molecule has 104 valence electrons. The van der Waals surface area contributed by atoms with Crippen molar-refractivity contribution in [3.63, 3.8) is 0 Å². The number of benzene rings is 1. The highest BCUT2D eigenvalue weighted by Crippen LogP contribution is 2.55. The molecule has 1 atom stereocenters. The predicted octanol–water partition coefficient (Wildman–Crippen LogP) is 4.63. The Balaban J connectivity index is 2.31. The molecular weight excluding hydrogens is 285 g/mol. The third kappa shape index (κ3) is 3.21. The average molecular weight is 302 g/mol. The van der Waals surface area contributed by atoms with Gasteiger partial charge in [-0.3, -0.25) is 10.1 Å². The molecular formula is C14H17Cl2NO2. The lowest BCUT2D eigenvalue weighted by Crippen LogP contribution is -2.12. The number of rotatable bonds is 3. The zero-order valence-electron chi connectivity index (χ0n) is 11.2. The van der Waals surface area contributed by atoms with Crippen LogP contribution in [0.25, 0.3) is 0 Å². The van der Waals surface area contributed by atoms with Crippen LogP contribution in [0.2, 0.25) is 0 Å². The largest absolute Gasteiger partial charge is 0.272 e. The number of halogens is 2. The normalized spacial score (nSPS) is 21.2. The molecule has 0 spiro atoms. The Hall–Kier alpha value is -0.800. The highest BCUT2D eigenvalue weighted by atomic mass is 35.5. The fraction of sp³-hybridized carbons (Fsp3) is 0.571. The molecule has 0 saturated heterocycles. The lowest BCUT2D eigenvalue weighted by Gasteiger charge is -2.19. The van der Waals surface area contributed by atoms with Gasteiger partial charge in [-0.05, 0) is 29.7 Å². The Labute approximate surface area is 123 Å². The Morgan fingerprint density at radius 2 is 2.00 bits per heavy atom. The lowest BCUT2D eigenvalue weighted by molar-refractivity contribution is -0.385. The molecule has 0 amide bonds. The van der Waals surface area contributed by atoms with Gasteiger partial charge in [0.15, 0.2) is 0 Å². The van der Waals surface area contributed by atoms with Crippen LogP contribution in [0.5, 0.6) is 0 Å². The fourth-order valence-corrected chi connectivity index (χ4v) is 2.66. The maximum atomic E-state index is 11.2. The van der Waals surface area contributed by atoms with Gasteiger partial charge in [-0.15, -0.1) is 23.2 Å². The van der Waals surface area contributed by atoms with E-state index in [0.717, 1.165) is 5.56 Å². The van der Waals surface area contributed by atoms with Crippen LogP contribution in [0.15, 0.2) is 18.2 Å². The molecule has 1 aromatic rings. The summed E-state index contributed by atoms with van der Waals surface area (Å²) in [5, 5.41) is 11.2. The minimum absolute atomic E-state index is 0.106. The van der Waals surface area contributed by atoms with Crippen LogP contribution >= 0.6 is 23.2 Å². The average Bonchev–Trinajstić information content (AvgIpc) is 2.84. The van der Waals surface area contributed by atoms with E-state index in [2.05, 4.69) is 0 Å². The van der Waals surface area contributed by atoms with Gasteiger partial charge in [0, 0.05) is 11.6 Å². The van der Waals surface area contributed by atoms with Gasteiger partial charge >= 0.3 is 0 Å². The number of nitro groups is 1. The van der Waals surface area contributed by atoms with E-state index in [9.17, 15) is 10.1 Å². The summed E-state index contributed by atoms with van der Waals surface area (Å²) in [6, 6.07) is 5.46. The summed E-state index contributed by atoms with van der Waals surface area (Å²) >= 11 is 12.0. The lowest BCUT2D eigenvalue weighted by atomic mass is 9.86. The molecule has 0 heterocycles. The second-order valence-corrected chi connectivity index (χ2v) is 7.76. The van der Waals surface area contributed by atoms with Crippen LogP contribution in [0.1, 0.15) is 38.3 Å². The van der Waals surface area contributed by atoms with E-state index in [4.69, 9.17) is 23.2 Å². The van der Waals surface area contributed by atoms with Crippen LogP contribution < -0.4 is 0 Å². The molecule has 5 heteroatoms. The fourth-order valence-electron chi connectivity index (χ4n) is 2.13. The number of hydrogen-bond donors (Lipinski definition) is 0. The molecule has 1 aliphatic carbocycles. The Kier molecular flexibility index (Phi) is 3.56. The molecule has 0 N–H and O–H groups in total. The van der Waals surface area contributed by atoms with Crippen molar-refractivity contribution in [3.8, 4) is 0 Å². The third-order valence-electron chi connectivity index (χ3n) is 3.57. The summed E-state index contributed by atoms with van der Waals surface area (Å²) in [4.78, 5) is 10.9. The second kappa shape index (κ2) is 4.64. The van der Waals surface area contributed by atoms with Crippen molar-refractivity contribution in [1.82, 2.24) is 0 Å². The van der Waals surface area contributed by atoms with Gasteiger partial charge in [0.25, 0.3) is 5.69 Å². The van der Waals surface area contributed by atoms with Gasteiger partial charge in [-0.25, -0.2) is 0 Å². The smallest absolute Gasteiger partial charge is 0.258 e. The topological polar surface area (TPSA) is 43.1 Å². The zero-order chi connectivity index (χ0) is 14.4. The summed E-state index contributed by atoms with van der Waals surface area (Å²) in [5.41, 5.74) is 1.74. The minimum atomic E-state index is -0.698. The monoisotopic (exact) mass is 301 g/mol. The summed E-state index contributed by atoms with van der Waals surface area (Å²) in [7, 11) is 0. The van der Waals surface area contributed by atoms with E-state index in [0.29, 0.717) is 18.4 Å². The maximum Gasteiger partial charge on any atom is 0.272 e. The van der Waals surface area contributed by atoms with E-state index in [1.807, 2.05) is 32.9 Å². The molecule has 0 aliphatic heterocycles. The van der Waals surface area contributed by atoms with Gasteiger partial charge < -0.3 is 0 Å². The SMILES string of the molecule is CC(C)(C)c1ccc(C[C@@H]2CC2(Cl)Cl)c([N+](=O)[O-])c1. The Bertz CT molecular complexity index is 521. The van der Waals surface area contributed by atoms with Crippen molar-refractivity contribution >= 4 is 28.9 Å². The van der Waals surface area contributed by atoms with Gasteiger partial charge in [0.2, 0.25) is 0 Å². The van der Waals surface area contributed by atoms with E-state index in [-0.39, 0.29) is 21.9 Å². The molecule has 0 aromatic heterocycles. The van der Waals surface area contributed by atoms with E-state index >= 15 is 0 Å². The zero-order valence-corrected chi connectivity index (χ0v) is 12.8. The highest BCUT2D eigenvalue weighted by Gasteiger charge is 2.51. The molecule has 1 aliphatic rings. The molecule has 3 nitrogen and oxygen atoms in total. The first-order valence-corrected chi connectivity index (χ1v) is 7.02. The van der Waals surface area contributed by atoms with E-state index < -0.39 is 4.33 Å². The first-order valence-electron chi connectivity index (χ1n) is 6.27. The molecule has 0 radical (unpaired) electrons. The first kappa shape index (κ1) is 14.6. The summed E-state index contributed by atoms with van der Waals surface area (Å²) in [6.45, 7) is 6.11. The van der Waals surface area contributed by atoms with Gasteiger partial charge in [-0.1, -0.05) is 32.9 Å². The highest BCUT2D eigenvalue weighted by molar-refractivity contribution is 6.50. The van der Waals surface area contributed by atoms with Crippen molar-refractivity contribution in [3.05, 3.63) is 39.4 Å². The molecule has 0 bridgehead atoms. The number of hydrogen-bond acceptors (Lipinski definition) is 2. The predicted molar refractivity (Wildman–Crippen MR) is 78.0 cm³/mol. The van der Waals surface area contributed by atoms with Gasteiger partial charge in [0.1, 0.15) is 4.33 Å². The molecule has 0 unspecified atom stereocenters. The Morgan fingerprint density at radius 3 is 2.42 bits per heavy atom. The Morgan fingerprint density at radius 1 is 1.42 bits per heavy atom. The molecule has 19 heavy (non-hydrogen) atoms. The van der Waals surface area contributed by atoms with Crippen LogP contribution in [-0.4, -0.2) is 9.26 Å². The van der Waals surface area contributed by atoms with Crippen molar-refractivity contribution in [1.29, 1.82) is 0 Å². The number of alkyl halides is 2. The summed E-state index contributed by atoms with van der Waals surface area (Å²) in [5.74, 6) is 0.120. The number of nitro benzene ring substituents is 1. The maximum absolute atomic E-state index is 11.2. The second-order valence-electron chi connectivity index (χ2n) is 6.22. The van der Waals surface area contributed by atoms with Crippen LogP contribution in [-0.2, 0) is 11.8 Å². The van der Waals surface area contributed by atoms with Crippen LogP contribution in [0.3, 0.4) is 0 Å². The van der Waals surface area contributed by atoms with Crippen molar-refractivity contribution in [2.45, 2.75) is 43.4 Å². The minimum Gasteiger partial charge on any atom is -0.258 e.